The summed E-state index contributed by atoms with van der Waals surface area (Å²) < 4.78 is 0.329. The number of phenolic OH excluding ortho intramolecular Hbond substituents is 2. The lowest BCUT2D eigenvalue weighted by molar-refractivity contribution is 0.0954. The summed E-state index contributed by atoms with van der Waals surface area (Å²) in [6, 6.07) is 12.2. The molecule has 1 amide bonds. The Balaban J connectivity index is 1.80. The number of phenols is 2. The highest BCUT2D eigenvalue weighted by atomic mass is 79.9. The Bertz CT molecular complexity index is 979. The molecule has 0 bridgehead atoms. The topological polar surface area (TPSA) is 94.8 Å². The average molecular weight is 400 g/mol. The minimum atomic E-state index is -0.380. The molecule has 3 rings (SSSR count). The number of nitrogens with zero attached hydrogens (tertiary/aromatic N) is 2. The first-order valence-electron chi connectivity index (χ1n) is 7.37. The number of amides is 1. The molecule has 6 nitrogen and oxygen atoms in total. The van der Waals surface area contributed by atoms with Crippen LogP contribution < -0.4 is 5.43 Å². The molecular weight excluding hydrogens is 386 g/mol. The minimum absolute atomic E-state index is 0.251. The summed E-state index contributed by atoms with van der Waals surface area (Å²) in [4.78, 5) is 16.7. The quantitative estimate of drug-likeness (QED) is 0.357. The smallest absolute Gasteiger partial charge is 0.273 e. The highest BCUT2D eigenvalue weighted by Crippen LogP contribution is 2.33. The first kappa shape index (κ1) is 16.9. The summed E-state index contributed by atoms with van der Waals surface area (Å²) in [7, 11) is 0. The summed E-state index contributed by atoms with van der Waals surface area (Å²) in [6.45, 7) is 1.76. The van der Waals surface area contributed by atoms with E-state index in [0.717, 1.165) is 10.9 Å². The van der Waals surface area contributed by atoms with Crippen molar-refractivity contribution in [2.75, 3.05) is 0 Å². The largest absolute Gasteiger partial charge is 0.504 e. The molecule has 0 radical (unpaired) electrons. The van der Waals surface area contributed by atoms with Gasteiger partial charge in [0.15, 0.2) is 11.5 Å². The first-order chi connectivity index (χ1) is 12.0. The third-order valence-corrected chi connectivity index (χ3v) is 4.21. The molecule has 126 valence electrons. The molecule has 25 heavy (non-hydrogen) atoms. The third-order valence-electron chi connectivity index (χ3n) is 3.60. The number of carbonyl (C=O) groups is 1. The standard InChI is InChI=1S/C18H14BrN3O3/c1-10-13(8-12-4-2-3-5-15(12)21-10)18(25)22-20-9-11-6-14(19)17(24)16(23)7-11/h2-9,23-24H,1H3,(H,22,25)/b20-9-. The lowest BCUT2D eigenvalue weighted by atomic mass is 10.1. The van der Waals surface area contributed by atoms with E-state index in [2.05, 4.69) is 31.4 Å². The van der Waals surface area contributed by atoms with Gasteiger partial charge < -0.3 is 10.2 Å². The second-order valence-electron chi connectivity index (χ2n) is 5.38. The van der Waals surface area contributed by atoms with Crippen molar-refractivity contribution in [3.05, 3.63) is 63.8 Å². The van der Waals surface area contributed by atoms with Gasteiger partial charge in [0.05, 0.1) is 27.5 Å². The monoisotopic (exact) mass is 399 g/mol. The summed E-state index contributed by atoms with van der Waals surface area (Å²) in [5, 5.41) is 23.8. The fourth-order valence-corrected chi connectivity index (χ4v) is 2.81. The molecular formula is C18H14BrN3O3. The van der Waals surface area contributed by atoms with Crippen molar-refractivity contribution in [2.24, 2.45) is 5.10 Å². The lowest BCUT2D eigenvalue weighted by Crippen LogP contribution is -2.19. The second-order valence-corrected chi connectivity index (χ2v) is 6.24. The van der Waals surface area contributed by atoms with Crippen LogP contribution in [0.1, 0.15) is 21.6 Å². The number of benzene rings is 2. The normalized spacial score (nSPS) is 11.1. The van der Waals surface area contributed by atoms with Crippen LogP contribution in [0.25, 0.3) is 10.9 Å². The van der Waals surface area contributed by atoms with Crippen LogP contribution in [0.15, 0.2) is 52.0 Å². The van der Waals surface area contributed by atoms with Gasteiger partial charge in [0.2, 0.25) is 0 Å². The van der Waals surface area contributed by atoms with E-state index in [4.69, 9.17) is 0 Å². The van der Waals surface area contributed by atoms with E-state index in [9.17, 15) is 15.0 Å². The molecule has 1 heterocycles. The predicted octanol–water partition coefficient (Wildman–Crippen LogP) is 3.48. The highest BCUT2D eigenvalue weighted by molar-refractivity contribution is 9.10. The molecule has 3 aromatic rings. The van der Waals surface area contributed by atoms with Gasteiger partial charge in [-0.2, -0.15) is 5.10 Å². The van der Waals surface area contributed by atoms with Crippen molar-refractivity contribution in [3.63, 3.8) is 0 Å². The Hall–Kier alpha value is -2.93. The Kier molecular flexibility index (Phi) is 4.67. The van der Waals surface area contributed by atoms with Gasteiger partial charge in [-0.3, -0.25) is 9.78 Å². The van der Waals surface area contributed by atoms with Gasteiger partial charge in [-0.15, -0.1) is 0 Å². The summed E-state index contributed by atoms with van der Waals surface area (Å²) in [5.74, 6) is -0.912. The molecule has 0 spiro atoms. The number of aromatic nitrogens is 1. The van der Waals surface area contributed by atoms with Crippen LogP contribution in [0.2, 0.25) is 0 Å². The summed E-state index contributed by atoms with van der Waals surface area (Å²) in [5.41, 5.74) is 4.81. The number of carbonyl (C=O) groups excluding carboxylic acids is 1. The number of hydrazone groups is 1. The zero-order valence-corrected chi connectivity index (χ0v) is 14.8. The number of hydrogen-bond acceptors (Lipinski definition) is 5. The molecule has 0 unspecified atom stereocenters. The van der Waals surface area contributed by atoms with Crippen LogP contribution in [0, 0.1) is 6.92 Å². The average Bonchev–Trinajstić information content (AvgIpc) is 2.58. The maximum atomic E-state index is 12.3. The molecule has 0 saturated heterocycles. The lowest BCUT2D eigenvalue weighted by Gasteiger charge is -2.06. The first-order valence-corrected chi connectivity index (χ1v) is 8.16. The fourth-order valence-electron chi connectivity index (χ4n) is 2.35. The molecule has 0 aliphatic heterocycles. The number of rotatable bonds is 3. The molecule has 0 aliphatic carbocycles. The maximum absolute atomic E-state index is 12.3. The number of halogens is 1. The van der Waals surface area contributed by atoms with E-state index >= 15 is 0 Å². The van der Waals surface area contributed by atoms with Crippen LogP contribution in [0.4, 0.5) is 0 Å². The minimum Gasteiger partial charge on any atom is -0.504 e. The molecule has 1 aromatic heterocycles. The fraction of sp³-hybridized carbons (Fsp3) is 0.0556. The van der Waals surface area contributed by atoms with Crippen molar-refractivity contribution < 1.29 is 15.0 Å². The molecule has 7 heteroatoms. The van der Waals surface area contributed by atoms with Crippen molar-refractivity contribution in [2.45, 2.75) is 6.92 Å². The number of para-hydroxylation sites is 1. The number of hydrogen-bond donors (Lipinski definition) is 3. The number of aryl methyl sites for hydroxylation is 1. The second kappa shape index (κ2) is 6.90. The van der Waals surface area contributed by atoms with Crippen LogP contribution in [-0.4, -0.2) is 27.3 Å². The van der Waals surface area contributed by atoms with Crippen LogP contribution in [-0.2, 0) is 0 Å². The van der Waals surface area contributed by atoms with E-state index < -0.39 is 0 Å². The number of aromatic hydroxyl groups is 2. The number of nitrogens with one attached hydrogen (secondary N) is 1. The van der Waals surface area contributed by atoms with Crippen LogP contribution in [0.5, 0.6) is 11.5 Å². The molecule has 0 fully saturated rings. The Morgan fingerprint density at radius 2 is 2.00 bits per heavy atom. The summed E-state index contributed by atoms with van der Waals surface area (Å²) in [6.07, 6.45) is 1.37. The number of fused-ring (bicyclic) bond motifs is 1. The molecule has 0 atom stereocenters. The van der Waals surface area contributed by atoms with Gasteiger partial charge in [-0.1, -0.05) is 18.2 Å². The Morgan fingerprint density at radius 1 is 1.24 bits per heavy atom. The van der Waals surface area contributed by atoms with Crippen molar-refractivity contribution in [1.82, 2.24) is 10.4 Å². The van der Waals surface area contributed by atoms with E-state index in [1.165, 1.54) is 12.3 Å². The van der Waals surface area contributed by atoms with E-state index in [1.807, 2.05) is 24.3 Å². The summed E-state index contributed by atoms with van der Waals surface area (Å²) >= 11 is 3.12. The maximum Gasteiger partial charge on any atom is 0.273 e. The van der Waals surface area contributed by atoms with Gasteiger partial charge in [0.1, 0.15) is 0 Å². The Labute approximate surface area is 152 Å². The van der Waals surface area contributed by atoms with Crippen LogP contribution >= 0.6 is 15.9 Å². The molecule has 0 aliphatic rings. The van der Waals surface area contributed by atoms with Crippen molar-refractivity contribution in [3.8, 4) is 11.5 Å². The van der Waals surface area contributed by atoms with Gasteiger partial charge in [0.25, 0.3) is 5.91 Å². The SMILES string of the molecule is Cc1nc2ccccc2cc1C(=O)N/N=C\c1cc(O)c(O)c(Br)c1. The van der Waals surface area contributed by atoms with Gasteiger partial charge >= 0.3 is 0 Å². The molecule has 2 aromatic carbocycles. The number of pyridine rings is 1. The third kappa shape index (κ3) is 3.61. The van der Waals surface area contributed by atoms with Crippen LogP contribution in [0.3, 0.4) is 0 Å². The van der Waals surface area contributed by atoms with E-state index in [-0.39, 0.29) is 17.4 Å². The van der Waals surface area contributed by atoms with E-state index in [0.29, 0.717) is 21.3 Å². The van der Waals surface area contributed by atoms with Crippen molar-refractivity contribution >= 4 is 39.0 Å². The molecule has 0 saturated carbocycles. The highest BCUT2D eigenvalue weighted by Gasteiger charge is 2.11. The van der Waals surface area contributed by atoms with Gasteiger partial charge in [0, 0.05) is 5.39 Å². The predicted molar refractivity (Wildman–Crippen MR) is 99.0 cm³/mol. The van der Waals surface area contributed by atoms with Gasteiger partial charge in [-0.25, -0.2) is 5.43 Å². The van der Waals surface area contributed by atoms with Crippen molar-refractivity contribution in [1.29, 1.82) is 0 Å². The van der Waals surface area contributed by atoms with E-state index in [1.54, 1.807) is 19.1 Å². The Morgan fingerprint density at radius 3 is 2.76 bits per heavy atom. The zero-order valence-electron chi connectivity index (χ0n) is 13.2. The molecule has 3 N–H and O–H groups in total. The zero-order chi connectivity index (χ0) is 18.0. The van der Waals surface area contributed by atoms with Gasteiger partial charge in [-0.05, 0) is 52.7 Å².